The van der Waals surface area contributed by atoms with E-state index < -0.39 is 0 Å². The number of carbonyl (C=O) groups is 2. The Kier molecular flexibility index (Phi) is 9.79. The first-order chi connectivity index (χ1) is 13.9. The van der Waals surface area contributed by atoms with Crippen molar-refractivity contribution in [2.75, 3.05) is 31.6 Å². The van der Waals surface area contributed by atoms with Crippen LogP contribution < -0.4 is 5.32 Å². The molecule has 5 nitrogen and oxygen atoms in total. The van der Waals surface area contributed by atoms with Crippen LogP contribution in [0.2, 0.25) is 0 Å². The number of nitrogens with zero attached hydrogens (tertiary/aromatic N) is 2. The van der Waals surface area contributed by atoms with Gasteiger partial charge in [0.2, 0.25) is 5.91 Å². The Hall–Kier alpha value is -1.25. The van der Waals surface area contributed by atoms with Crippen LogP contribution in [0.4, 0.5) is 9.18 Å². The molecule has 2 heterocycles. The number of benzene rings is 1. The lowest BCUT2D eigenvalue weighted by Gasteiger charge is -2.44. The first kappa shape index (κ1) is 24.0. The Morgan fingerprint density at radius 1 is 1.31 bits per heavy atom. The molecule has 0 radical (unpaired) electrons. The van der Waals surface area contributed by atoms with Gasteiger partial charge in [0.05, 0.1) is 11.7 Å². The topological polar surface area (TPSA) is 52.7 Å². The van der Waals surface area contributed by atoms with Crippen LogP contribution in [-0.4, -0.2) is 64.3 Å². The van der Waals surface area contributed by atoms with Gasteiger partial charge in [0.15, 0.2) is 0 Å². The number of likely N-dealkylation sites (tertiary alicyclic amines) is 1. The van der Waals surface area contributed by atoms with Crippen molar-refractivity contribution in [3.8, 4) is 0 Å². The molecule has 3 rings (SSSR count). The molecule has 162 valence electrons. The molecule has 1 atom stereocenters. The monoisotopic (exact) mass is 441 g/mol. The number of amides is 2. The van der Waals surface area contributed by atoms with Crippen LogP contribution in [0.3, 0.4) is 0 Å². The quantitative estimate of drug-likeness (QED) is 0.655. The summed E-state index contributed by atoms with van der Waals surface area (Å²) in [5.74, 6) is 1.05. The minimum absolute atomic E-state index is 0.0671. The van der Waals surface area contributed by atoms with E-state index in [0.717, 1.165) is 44.4 Å². The number of hydrogen-bond acceptors (Lipinski definition) is 4. The molecule has 29 heavy (non-hydrogen) atoms. The zero-order valence-corrected chi connectivity index (χ0v) is 19.0. The fourth-order valence-corrected chi connectivity index (χ4v) is 4.50. The normalized spacial score (nSPS) is 20.6. The van der Waals surface area contributed by atoms with Crippen molar-refractivity contribution >= 4 is 35.5 Å². The van der Waals surface area contributed by atoms with Gasteiger partial charge in [0.25, 0.3) is 5.24 Å². The molecule has 0 aliphatic carbocycles. The highest BCUT2D eigenvalue weighted by Crippen LogP contribution is 2.34. The van der Waals surface area contributed by atoms with E-state index in [4.69, 9.17) is 0 Å². The van der Waals surface area contributed by atoms with Crippen molar-refractivity contribution in [2.24, 2.45) is 0 Å². The molecule has 2 saturated heterocycles. The number of nitrogens with one attached hydrogen (secondary N) is 1. The maximum atomic E-state index is 12.8. The van der Waals surface area contributed by atoms with Gasteiger partial charge < -0.3 is 9.80 Å². The van der Waals surface area contributed by atoms with E-state index in [-0.39, 0.29) is 28.7 Å². The third-order valence-corrected chi connectivity index (χ3v) is 6.39. The van der Waals surface area contributed by atoms with Gasteiger partial charge in [-0.05, 0) is 37.0 Å². The zero-order valence-electron chi connectivity index (χ0n) is 17.3. The number of unbranched alkanes of at least 4 members (excludes halogenated alkanes) is 1. The van der Waals surface area contributed by atoms with Crippen LogP contribution in [0.25, 0.3) is 0 Å². The predicted molar refractivity (Wildman–Crippen MR) is 121 cm³/mol. The number of hydrogen-bond donors (Lipinski definition) is 2. The fourth-order valence-electron chi connectivity index (χ4n) is 3.83. The van der Waals surface area contributed by atoms with Crippen molar-refractivity contribution in [3.63, 3.8) is 0 Å². The second kappa shape index (κ2) is 11.8. The van der Waals surface area contributed by atoms with Crippen molar-refractivity contribution in [2.45, 2.75) is 50.7 Å². The van der Waals surface area contributed by atoms with Crippen LogP contribution in [0.1, 0.15) is 39.0 Å². The Labute approximate surface area is 183 Å². The Morgan fingerprint density at radius 2 is 1.97 bits per heavy atom. The highest BCUT2D eigenvalue weighted by atomic mass is 32.2. The van der Waals surface area contributed by atoms with Gasteiger partial charge in [-0.3, -0.25) is 14.9 Å². The average molecular weight is 442 g/mol. The summed E-state index contributed by atoms with van der Waals surface area (Å²) in [7, 11) is 0. The van der Waals surface area contributed by atoms with Gasteiger partial charge in [0.1, 0.15) is 5.82 Å². The second-order valence-electron chi connectivity index (χ2n) is 7.42. The van der Waals surface area contributed by atoms with E-state index in [2.05, 4.69) is 36.0 Å². The van der Waals surface area contributed by atoms with Gasteiger partial charge in [-0.15, -0.1) is 0 Å². The zero-order chi connectivity index (χ0) is 21.3. The van der Waals surface area contributed by atoms with Crippen molar-refractivity contribution in [1.82, 2.24) is 15.1 Å². The van der Waals surface area contributed by atoms with E-state index >= 15 is 0 Å². The third-order valence-electron chi connectivity index (χ3n) is 5.46. The van der Waals surface area contributed by atoms with Crippen molar-refractivity contribution in [3.05, 3.63) is 36.1 Å². The lowest BCUT2D eigenvalue weighted by atomic mass is 9.96. The smallest absolute Gasteiger partial charge is 0.278 e. The highest BCUT2D eigenvalue weighted by Gasteiger charge is 2.50. The summed E-state index contributed by atoms with van der Waals surface area (Å²) in [5.41, 5.74) is -0.255. The minimum Gasteiger partial charge on any atom is -0.334 e. The lowest BCUT2D eigenvalue weighted by Crippen LogP contribution is -2.59. The van der Waals surface area contributed by atoms with Crippen LogP contribution in [0, 0.1) is 5.82 Å². The van der Waals surface area contributed by atoms with Crippen molar-refractivity contribution < 1.29 is 14.0 Å². The first-order valence-corrected chi connectivity index (χ1v) is 12.0. The Bertz CT molecular complexity index is 655. The first-order valence-electron chi connectivity index (χ1n) is 10.2. The number of thiol groups is 1. The van der Waals surface area contributed by atoms with Crippen LogP contribution in [0.5, 0.6) is 0 Å². The van der Waals surface area contributed by atoms with Gasteiger partial charge in [-0.1, -0.05) is 44.2 Å². The molecule has 1 aromatic rings. The fraction of sp³-hybridized carbons (Fsp3) is 0.619. The van der Waals surface area contributed by atoms with Crippen LogP contribution >= 0.6 is 24.4 Å². The maximum absolute atomic E-state index is 12.8. The number of rotatable bonds is 6. The van der Waals surface area contributed by atoms with E-state index in [1.54, 1.807) is 34.9 Å². The summed E-state index contributed by atoms with van der Waals surface area (Å²) >= 11 is 5.69. The van der Waals surface area contributed by atoms with E-state index in [0.29, 0.717) is 13.1 Å². The van der Waals surface area contributed by atoms with E-state index in [9.17, 15) is 14.0 Å². The molecule has 1 aromatic carbocycles. The standard InChI is InChI=1S/C15H27N3O2S2.C6H5F/c1-3-4-8-18-13(19)12(5-11-22-2)16-15(18)6-9-17(10-7-15)14(20)21;7-6-4-2-1-3-5-6/h12,16H,3-11H2,1-2H3,(H,20,21);1-5H. The number of piperidine rings is 1. The Balaban J connectivity index is 0.000000360. The molecule has 0 saturated carbocycles. The summed E-state index contributed by atoms with van der Waals surface area (Å²) in [4.78, 5) is 28.0. The highest BCUT2D eigenvalue weighted by molar-refractivity contribution is 7.98. The summed E-state index contributed by atoms with van der Waals surface area (Å²) in [5, 5.41) is 3.44. The SMILES string of the molecule is CCCCN1C(=O)C(CCSC)NC12CCN(C(=O)S)CC2.Fc1ccccc1. The van der Waals surface area contributed by atoms with Crippen LogP contribution in [0.15, 0.2) is 30.3 Å². The van der Waals surface area contributed by atoms with E-state index in [1.807, 2.05) is 0 Å². The molecule has 2 aliphatic rings. The molecule has 0 aromatic heterocycles. The molecule has 0 bridgehead atoms. The summed E-state index contributed by atoms with van der Waals surface area (Å²) in [6, 6.07) is 7.87. The summed E-state index contributed by atoms with van der Waals surface area (Å²) in [6.45, 7) is 4.29. The maximum Gasteiger partial charge on any atom is 0.278 e. The Morgan fingerprint density at radius 3 is 2.45 bits per heavy atom. The van der Waals surface area contributed by atoms with Gasteiger partial charge in [-0.2, -0.15) is 11.8 Å². The van der Waals surface area contributed by atoms with Gasteiger partial charge in [-0.25, -0.2) is 4.39 Å². The van der Waals surface area contributed by atoms with Gasteiger partial charge >= 0.3 is 0 Å². The van der Waals surface area contributed by atoms with Gasteiger partial charge in [0, 0.05) is 32.5 Å². The minimum atomic E-state index is -0.255. The van der Waals surface area contributed by atoms with E-state index in [1.165, 1.54) is 12.1 Å². The largest absolute Gasteiger partial charge is 0.334 e. The summed E-state index contributed by atoms with van der Waals surface area (Å²) < 4.78 is 11.9. The average Bonchev–Trinajstić information content (AvgIpc) is 2.97. The molecule has 8 heteroatoms. The molecular weight excluding hydrogens is 409 g/mol. The predicted octanol–water partition coefficient (Wildman–Crippen LogP) is 4.01. The number of halogens is 1. The third kappa shape index (κ3) is 6.62. The molecule has 2 fully saturated rings. The lowest BCUT2D eigenvalue weighted by molar-refractivity contribution is -0.133. The molecule has 2 aliphatic heterocycles. The summed E-state index contributed by atoms with van der Waals surface area (Å²) in [6.07, 6.45) is 6.64. The molecule has 1 spiro atoms. The van der Waals surface area contributed by atoms with Crippen molar-refractivity contribution in [1.29, 1.82) is 0 Å². The molecular formula is C21H32FN3O2S2. The molecule has 1 unspecified atom stereocenters. The number of carbonyl (C=O) groups excluding carboxylic acids is 2. The molecule has 2 amide bonds. The second-order valence-corrected chi connectivity index (χ2v) is 8.79. The van der Waals surface area contributed by atoms with Crippen LogP contribution in [-0.2, 0) is 4.79 Å². The molecule has 1 N–H and O–H groups in total. The number of thioether (sulfide) groups is 1.